The molecule has 29 heteroatoms. The van der Waals surface area contributed by atoms with Crippen molar-refractivity contribution in [1.82, 2.24) is 76.3 Å². The quantitative estimate of drug-likeness (QED) is 0.0317. The summed E-state index contributed by atoms with van der Waals surface area (Å²) in [7, 11) is 3.18. The summed E-state index contributed by atoms with van der Waals surface area (Å²) < 4.78 is 118. The van der Waals surface area contributed by atoms with E-state index in [0.29, 0.717) is 66.8 Å². The number of nitrogens with one attached hydrogen (secondary N) is 9. The highest BCUT2D eigenvalue weighted by atomic mass is 19.1. The van der Waals surface area contributed by atoms with Gasteiger partial charge in [0.05, 0.1) is 110 Å². The molecule has 8 aliphatic rings. The first-order valence-electron chi connectivity index (χ1n) is 38.6. The molecule has 15 atom stereocenters. The average molecular weight is 1460 g/mol. The van der Waals surface area contributed by atoms with Gasteiger partial charge < -0.3 is 75.6 Å². The smallest absolute Gasteiger partial charge is 0.407 e. The van der Waals surface area contributed by atoms with Crippen LogP contribution in [0.15, 0.2) is 97.6 Å². The highest BCUT2D eigenvalue weighted by Gasteiger charge is 2.45. The number of nitrogens with zero attached hydrogens (tertiary/aromatic N) is 6. The van der Waals surface area contributed by atoms with Crippen molar-refractivity contribution in [3.63, 3.8) is 0 Å². The van der Waals surface area contributed by atoms with Crippen LogP contribution in [0.4, 0.5) is 31.9 Å². The van der Waals surface area contributed by atoms with Gasteiger partial charge in [0.1, 0.15) is 66.0 Å². The molecule has 106 heavy (non-hydrogen) atoms. The van der Waals surface area contributed by atoms with Gasteiger partial charge in [0.25, 0.3) is 0 Å². The maximum Gasteiger partial charge on any atom is 0.407 e. The summed E-state index contributed by atoms with van der Waals surface area (Å²) >= 11 is 0. The fraction of sp³-hybridized carbons (Fsp3) is 0.455. The van der Waals surface area contributed by atoms with Crippen molar-refractivity contribution < 1.29 is 73.9 Å². The van der Waals surface area contributed by atoms with Crippen LogP contribution in [0.3, 0.4) is 0 Å². The molecular formula is C77H87F4N15O10. The number of aromatic amines is 4. The molecule has 10 N–H and O–H groups in total. The minimum Gasteiger partial charge on any atom is -0.480 e. The van der Waals surface area contributed by atoms with E-state index in [1.165, 1.54) is 70.0 Å². The van der Waals surface area contributed by atoms with E-state index in [4.69, 9.17) is 13.3 Å². The van der Waals surface area contributed by atoms with Crippen molar-refractivity contribution >= 4 is 36.1 Å². The van der Waals surface area contributed by atoms with Gasteiger partial charge >= 0.3 is 24.2 Å². The highest BCUT2D eigenvalue weighted by molar-refractivity contribution is 5.88. The zero-order chi connectivity index (χ0) is 79.6. The van der Waals surface area contributed by atoms with Crippen LogP contribution in [0.5, 0.6) is 0 Å². The summed E-state index contributed by atoms with van der Waals surface area (Å²) in [6.45, 7) is -1.03. The molecule has 0 spiro atoms. The molecule has 5 unspecified atom stereocenters. The minimum absolute atomic E-state index is 0.0264. The third kappa shape index (κ3) is 14.7. The molecule has 4 bridgehead atoms. The molecule has 4 aromatic carbocycles. The van der Waals surface area contributed by atoms with Crippen molar-refractivity contribution in [2.45, 2.75) is 175 Å². The predicted molar refractivity (Wildman–Crippen MR) is 384 cm³/mol. The fourth-order valence-electron chi connectivity index (χ4n) is 16.7. The van der Waals surface area contributed by atoms with Crippen molar-refractivity contribution in [2.75, 3.05) is 47.5 Å². The predicted octanol–water partition coefficient (Wildman–Crippen LogP) is 12.3. The number of alkyl halides is 4. The topological polar surface area (TPSA) is 332 Å². The van der Waals surface area contributed by atoms with Crippen LogP contribution in [0.2, 0.25) is 0 Å². The Morgan fingerprint density at radius 2 is 0.802 bits per heavy atom. The summed E-state index contributed by atoms with van der Waals surface area (Å²) in [5.74, 6) is 0.467. The Kier molecular flexibility index (Phi) is 18.8. The van der Waals surface area contributed by atoms with Crippen LogP contribution in [-0.2, 0) is 28.6 Å². The lowest BCUT2D eigenvalue weighted by Gasteiger charge is -2.26. The van der Waals surface area contributed by atoms with E-state index >= 15 is 4.39 Å². The monoisotopic (exact) mass is 1460 g/mol. The fourth-order valence-corrected chi connectivity index (χ4v) is 16.7. The second-order valence-electron chi connectivity index (χ2n) is 28.3. The first kappa shape index (κ1) is 65.1. The number of methoxy groups -OCH3 is 3. The molecule has 4 saturated heterocycles. The molecular weight excluding hydrogens is 1370 g/mol. The van der Waals surface area contributed by atoms with E-state index in [1.54, 1.807) is 12.4 Å². The Labute approximate surface area is 617 Å². The van der Waals surface area contributed by atoms with Gasteiger partial charge in [-0.05, 0) is 139 Å². The van der Waals surface area contributed by atoms with E-state index in [2.05, 4.69) is 112 Å². The number of aromatic nitrogens is 8. The van der Waals surface area contributed by atoms with E-state index in [0.717, 1.165) is 103 Å². The standard InChI is InChI=1S/C41H46F2N8O6.C31H32F2N6.C5H9NO4/c1-20(46-40(54)56-3)38(52)50-18-26(42)14-32(50)36-44-16-30(48-36)23-7-5-22(6-8-23)28-11-12-29(35-25-10-9-24(13-25)34(28)35)31-17-45-37(49-31)33-15-27(43)19-51(33)39(53)21(2)47-41(55)57-4;32-20-10-24(34-12-20)30-36-14-26(38-30)17-3-1-16(2-4-17)22-7-8-23(29-19-6-5-18(9-19)28(22)29)27-15-37-31(39-27)25-11-21(33)13-35-25;1-3(4(7)8)6-5(9)10-2/h5-8,11-12,16-17,20-21,24-27,32-33H,9-10,13-15,18-19H2,1-4H3,(H,44,48)(H,45,49)(H,46,54)(H,47,55);1-4,7-8,14-15,18-21,24-25,34-35H,5-6,9-13H2,(H,36,38)(H,37,39);3H,1-2H3,(H,6,9)(H,7,8)/t20-,21-,24?,25?,26-,27-,32-,33-;18?,19?,20-,21-,24-,25?;3-/m000/s1/i2D3,20D,21D;;3D. The number of H-pyrrole nitrogens is 4. The molecule has 4 aromatic heterocycles. The van der Waals surface area contributed by atoms with Gasteiger partial charge in [0.15, 0.2) is 0 Å². The molecule has 5 amide bonds. The number of hydrogen-bond acceptors (Lipinski definition) is 15. The number of benzene rings is 4. The first-order valence-corrected chi connectivity index (χ1v) is 35.6. The average Bonchev–Trinajstić information content (AvgIpc) is 1.57. The second-order valence-corrected chi connectivity index (χ2v) is 28.3. The number of amides is 5. The van der Waals surface area contributed by atoms with E-state index in [1.807, 2.05) is 53.4 Å². The number of carbonyl (C=O) groups is 6. The van der Waals surface area contributed by atoms with Crippen molar-refractivity contribution in [3.8, 4) is 67.3 Å². The summed E-state index contributed by atoms with van der Waals surface area (Å²) in [5.41, 5.74) is 17.3. The molecule has 25 nitrogen and oxygen atoms in total. The van der Waals surface area contributed by atoms with Gasteiger partial charge in [-0.3, -0.25) is 14.4 Å². The van der Waals surface area contributed by atoms with E-state index < -0.39 is 104 Å². The molecule has 4 aliphatic carbocycles. The summed E-state index contributed by atoms with van der Waals surface area (Å²) in [5, 5.41) is 20.6. The number of ether oxygens (including phenoxy) is 3. The summed E-state index contributed by atoms with van der Waals surface area (Å²) in [6, 6.07) is 16.0. The van der Waals surface area contributed by atoms with Crippen LogP contribution in [0, 0.1) is 0 Å². The molecule has 8 heterocycles. The number of rotatable bonds is 16. The molecule has 558 valence electrons. The SMILES string of the molecule is F[C@@H]1CNC(c2ncc(-c3ccc(-c4ccc(-c5cnc([C@@H]6C[C@H](F)CN6)[nH]5)cc4)c4c3C3CCC4C3)[nH]2)C1.[2H]C([2H])([2H])[C@]([2H])(NC(=O)OC)C(=O)N1C[C@@H](F)C[C@H]1c1ncc(-c2ccc(-c3ccc(-c4cnc([C@@H]5C[C@H](F)CN5C(=O)[C@]([2H])(C)NC(=O)OC)[nH]4)cc3)c3c2C2CCC3C2)[nH]1.[2H][C@@](C)(NC(=O)OC)C(=O)O. The van der Waals surface area contributed by atoms with Crippen molar-refractivity contribution in [3.05, 3.63) is 143 Å². The maximum atomic E-state index is 15.0. The Hall–Kier alpha value is -10.4. The van der Waals surface area contributed by atoms with Crippen LogP contribution in [0.25, 0.3) is 67.3 Å². The molecule has 2 saturated carbocycles. The zero-order valence-corrected chi connectivity index (χ0v) is 58.9. The lowest BCUT2D eigenvalue weighted by atomic mass is 9.82. The summed E-state index contributed by atoms with van der Waals surface area (Å²) in [4.78, 5) is 105. The third-order valence-electron chi connectivity index (χ3n) is 21.7. The molecule has 4 aliphatic heterocycles. The highest BCUT2D eigenvalue weighted by Crippen LogP contribution is 2.60. The van der Waals surface area contributed by atoms with Gasteiger partial charge in [-0.2, -0.15) is 0 Å². The van der Waals surface area contributed by atoms with Crippen molar-refractivity contribution in [1.29, 1.82) is 0 Å². The number of hydrogen-bond donors (Lipinski definition) is 10. The van der Waals surface area contributed by atoms with Crippen molar-refractivity contribution in [2.24, 2.45) is 0 Å². The van der Waals surface area contributed by atoms with Gasteiger partial charge in [-0.25, -0.2) is 51.9 Å². The maximum absolute atomic E-state index is 15.0. The lowest BCUT2D eigenvalue weighted by molar-refractivity contribution is -0.139. The number of carbonyl (C=O) groups excluding carboxylic acids is 5. The number of halogens is 4. The van der Waals surface area contributed by atoms with Gasteiger partial charge in [-0.1, -0.05) is 72.8 Å². The Bertz CT molecular complexity index is 4890. The molecule has 16 rings (SSSR count). The minimum atomic E-state index is -3.31. The Morgan fingerprint density at radius 3 is 1.20 bits per heavy atom. The number of alkyl carbamates (subject to hydrolysis) is 3. The zero-order valence-electron chi connectivity index (χ0n) is 64.9. The number of aliphatic carboxylic acids is 1. The largest absolute Gasteiger partial charge is 0.480 e. The Morgan fingerprint density at radius 1 is 0.462 bits per heavy atom. The van der Waals surface area contributed by atoms with Crippen LogP contribution in [0.1, 0.15) is 187 Å². The Balaban J connectivity index is 0.000000176. The van der Waals surface area contributed by atoms with Gasteiger partial charge in [0.2, 0.25) is 11.8 Å². The van der Waals surface area contributed by atoms with Crippen LogP contribution < -0.4 is 26.6 Å². The number of imidazole rings is 4. The van der Waals surface area contributed by atoms with Crippen LogP contribution >= 0.6 is 0 Å². The molecule has 6 fully saturated rings. The second kappa shape index (κ2) is 30.6. The van der Waals surface area contributed by atoms with E-state index in [-0.39, 0.29) is 37.3 Å². The van der Waals surface area contributed by atoms with Crippen LogP contribution in [-0.4, -0.2) is 181 Å². The normalized spacial score (nSPS) is 27.0. The third-order valence-corrected chi connectivity index (χ3v) is 21.7. The first-order chi connectivity index (χ1) is 53.3. The number of carboxylic acids is 1. The summed E-state index contributed by atoms with van der Waals surface area (Å²) in [6.07, 6.45) is 6.76. The van der Waals surface area contributed by atoms with Gasteiger partial charge in [0, 0.05) is 54.0 Å². The molecule has 0 radical (unpaired) electrons. The van der Waals surface area contributed by atoms with Gasteiger partial charge in [-0.15, -0.1) is 0 Å². The number of likely N-dealkylation sites (tertiary alicyclic amines) is 2. The lowest BCUT2D eigenvalue weighted by Crippen LogP contribution is -2.47. The number of carboxylic acid groups (broad SMARTS) is 1. The van der Waals surface area contributed by atoms with E-state index in [9.17, 15) is 41.9 Å². The number of fused-ring (bicyclic) bond motifs is 10. The molecule has 8 aromatic rings.